The highest BCUT2D eigenvalue weighted by Crippen LogP contribution is 2.25. The molecule has 126 valence electrons. The highest BCUT2D eigenvalue weighted by atomic mass is 35.5. The van der Waals surface area contributed by atoms with Gasteiger partial charge in [0.15, 0.2) is 0 Å². The van der Waals surface area contributed by atoms with Gasteiger partial charge < -0.3 is 16.0 Å². The summed E-state index contributed by atoms with van der Waals surface area (Å²) >= 11 is 6.19. The number of benzene rings is 1. The number of rotatable bonds is 5. The van der Waals surface area contributed by atoms with Crippen molar-refractivity contribution in [1.29, 1.82) is 0 Å². The van der Waals surface area contributed by atoms with Crippen LogP contribution >= 0.6 is 11.6 Å². The van der Waals surface area contributed by atoms with E-state index in [4.69, 9.17) is 17.3 Å². The van der Waals surface area contributed by atoms with Crippen LogP contribution in [-0.2, 0) is 11.2 Å². The van der Waals surface area contributed by atoms with Crippen molar-refractivity contribution in [1.82, 2.24) is 10.3 Å². The van der Waals surface area contributed by atoms with Gasteiger partial charge in [0, 0.05) is 25.3 Å². The van der Waals surface area contributed by atoms with Crippen LogP contribution in [0.15, 0.2) is 48.7 Å². The lowest BCUT2D eigenvalue weighted by Gasteiger charge is -2.20. The Morgan fingerprint density at radius 3 is 2.88 bits per heavy atom. The first-order chi connectivity index (χ1) is 11.6. The Morgan fingerprint density at radius 1 is 1.33 bits per heavy atom. The summed E-state index contributed by atoms with van der Waals surface area (Å²) in [5, 5.41) is 3.67. The average molecular weight is 345 g/mol. The molecule has 1 aromatic carbocycles. The molecule has 5 nitrogen and oxygen atoms in total. The summed E-state index contributed by atoms with van der Waals surface area (Å²) in [5.41, 5.74) is 7.10. The minimum Gasteiger partial charge on any atom is -0.353 e. The highest BCUT2D eigenvalue weighted by molar-refractivity contribution is 6.32. The zero-order valence-corrected chi connectivity index (χ0v) is 14.1. The number of halogens is 1. The second-order valence-electron chi connectivity index (χ2n) is 6.05. The molecular weight excluding hydrogens is 324 g/mol. The minimum atomic E-state index is -0.542. The van der Waals surface area contributed by atoms with E-state index in [2.05, 4.69) is 15.2 Å². The zero-order chi connectivity index (χ0) is 16.9. The summed E-state index contributed by atoms with van der Waals surface area (Å²) in [6.45, 7) is 1.51. The second-order valence-corrected chi connectivity index (χ2v) is 6.45. The lowest BCUT2D eigenvalue weighted by molar-refractivity contribution is -0.122. The van der Waals surface area contributed by atoms with Gasteiger partial charge >= 0.3 is 0 Å². The molecule has 6 heteroatoms. The molecule has 2 heterocycles. The number of pyridine rings is 1. The molecule has 3 N–H and O–H groups in total. The molecule has 3 rings (SSSR count). The standard InChI is InChI=1S/C18H21ClN4O/c19-15-7-4-9-21-17(15)23-10-8-14(12-23)22-18(24)16(20)11-13-5-2-1-3-6-13/h1-7,9,14,16H,8,10-12,20H2,(H,22,24). The van der Waals surface area contributed by atoms with Crippen molar-refractivity contribution in [3.63, 3.8) is 0 Å². The van der Waals surface area contributed by atoms with Crippen LogP contribution in [0.5, 0.6) is 0 Å². The smallest absolute Gasteiger partial charge is 0.237 e. The van der Waals surface area contributed by atoms with Crippen molar-refractivity contribution < 1.29 is 4.79 Å². The highest BCUT2D eigenvalue weighted by Gasteiger charge is 2.27. The first kappa shape index (κ1) is 16.7. The van der Waals surface area contributed by atoms with E-state index in [1.165, 1.54) is 0 Å². The molecule has 2 atom stereocenters. The molecule has 1 amide bonds. The first-order valence-electron chi connectivity index (χ1n) is 8.09. The van der Waals surface area contributed by atoms with Crippen molar-refractivity contribution in [3.8, 4) is 0 Å². The van der Waals surface area contributed by atoms with Crippen LogP contribution in [-0.4, -0.2) is 36.1 Å². The fourth-order valence-electron chi connectivity index (χ4n) is 2.95. The lowest BCUT2D eigenvalue weighted by Crippen LogP contribution is -2.47. The topological polar surface area (TPSA) is 71.2 Å². The predicted molar refractivity (Wildman–Crippen MR) is 96.1 cm³/mol. The predicted octanol–water partition coefficient (Wildman–Crippen LogP) is 2.00. The van der Waals surface area contributed by atoms with Crippen LogP contribution in [0.3, 0.4) is 0 Å². The Morgan fingerprint density at radius 2 is 2.12 bits per heavy atom. The van der Waals surface area contributed by atoms with Crippen LogP contribution < -0.4 is 16.0 Å². The summed E-state index contributed by atoms with van der Waals surface area (Å²) < 4.78 is 0. The summed E-state index contributed by atoms with van der Waals surface area (Å²) in [6.07, 6.45) is 3.12. The third-order valence-corrected chi connectivity index (χ3v) is 4.50. The van der Waals surface area contributed by atoms with Gasteiger partial charge in [-0.25, -0.2) is 4.98 Å². The molecule has 1 aliphatic rings. The van der Waals surface area contributed by atoms with Crippen LogP contribution in [0.2, 0.25) is 5.02 Å². The van der Waals surface area contributed by atoms with Gasteiger partial charge in [0.2, 0.25) is 5.91 Å². The van der Waals surface area contributed by atoms with Gasteiger partial charge in [-0.3, -0.25) is 4.79 Å². The molecule has 0 spiro atoms. The summed E-state index contributed by atoms with van der Waals surface area (Å²) in [7, 11) is 0. The molecule has 0 radical (unpaired) electrons. The maximum absolute atomic E-state index is 12.3. The molecule has 0 bridgehead atoms. The Hall–Kier alpha value is -2.11. The van der Waals surface area contributed by atoms with Crippen molar-refractivity contribution in [2.45, 2.75) is 24.9 Å². The number of amides is 1. The maximum Gasteiger partial charge on any atom is 0.237 e. The second kappa shape index (κ2) is 7.64. The van der Waals surface area contributed by atoms with E-state index in [-0.39, 0.29) is 11.9 Å². The Labute approximate surface area is 146 Å². The number of carbonyl (C=O) groups excluding carboxylic acids is 1. The molecule has 2 aromatic rings. The van der Waals surface area contributed by atoms with E-state index in [0.29, 0.717) is 18.0 Å². The third kappa shape index (κ3) is 4.04. The number of carbonyl (C=O) groups is 1. The van der Waals surface area contributed by atoms with E-state index in [1.54, 1.807) is 6.20 Å². The quantitative estimate of drug-likeness (QED) is 0.870. The number of hydrogen-bond donors (Lipinski definition) is 2. The largest absolute Gasteiger partial charge is 0.353 e. The summed E-state index contributed by atoms with van der Waals surface area (Å²) in [6, 6.07) is 13.0. The maximum atomic E-state index is 12.3. The number of hydrogen-bond acceptors (Lipinski definition) is 4. The average Bonchev–Trinajstić information content (AvgIpc) is 3.04. The van der Waals surface area contributed by atoms with E-state index in [0.717, 1.165) is 24.3 Å². The van der Waals surface area contributed by atoms with E-state index >= 15 is 0 Å². The van der Waals surface area contributed by atoms with Crippen molar-refractivity contribution in [2.75, 3.05) is 18.0 Å². The van der Waals surface area contributed by atoms with Gasteiger partial charge in [-0.15, -0.1) is 0 Å². The van der Waals surface area contributed by atoms with E-state index < -0.39 is 6.04 Å². The molecule has 2 unspecified atom stereocenters. The third-order valence-electron chi connectivity index (χ3n) is 4.21. The monoisotopic (exact) mass is 344 g/mol. The van der Waals surface area contributed by atoms with Crippen molar-refractivity contribution >= 4 is 23.3 Å². The van der Waals surface area contributed by atoms with E-state index in [1.807, 2.05) is 42.5 Å². The fourth-order valence-corrected chi connectivity index (χ4v) is 3.19. The molecule has 24 heavy (non-hydrogen) atoms. The number of nitrogens with two attached hydrogens (primary N) is 1. The Kier molecular flexibility index (Phi) is 5.33. The van der Waals surface area contributed by atoms with E-state index in [9.17, 15) is 4.79 Å². The van der Waals surface area contributed by atoms with Crippen LogP contribution in [0.25, 0.3) is 0 Å². The molecule has 1 aliphatic heterocycles. The van der Waals surface area contributed by atoms with Gasteiger partial charge in [-0.2, -0.15) is 0 Å². The fraction of sp³-hybridized carbons (Fsp3) is 0.333. The van der Waals surface area contributed by atoms with Crippen LogP contribution in [0.4, 0.5) is 5.82 Å². The van der Waals surface area contributed by atoms with Gasteiger partial charge in [0.05, 0.1) is 11.1 Å². The van der Waals surface area contributed by atoms with Gasteiger partial charge in [-0.1, -0.05) is 41.9 Å². The first-order valence-corrected chi connectivity index (χ1v) is 8.46. The molecular formula is C18H21ClN4O. The Bertz CT molecular complexity index is 694. The van der Waals surface area contributed by atoms with Gasteiger partial charge in [-0.05, 0) is 30.5 Å². The normalized spacial score (nSPS) is 18.4. The SMILES string of the molecule is NC(Cc1ccccc1)C(=O)NC1CCN(c2ncccc2Cl)C1. The lowest BCUT2D eigenvalue weighted by atomic mass is 10.1. The van der Waals surface area contributed by atoms with Crippen molar-refractivity contribution in [2.24, 2.45) is 5.73 Å². The number of nitrogens with one attached hydrogen (secondary N) is 1. The number of aromatic nitrogens is 1. The minimum absolute atomic E-state index is 0.0670. The number of nitrogens with zero attached hydrogens (tertiary/aromatic N) is 2. The van der Waals surface area contributed by atoms with Crippen LogP contribution in [0, 0.1) is 0 Å². The molecule has 1 saturated heterocycles. The molecule has 0 saturated carbocycles. The Balaban J connectivity index is 1.53. The zero-order valence-electron chi connectivity index (χ0n) is 13.4. The molecule has 1 fully saturated rings. The number of anilines is 1. The van der Waals surface area contributed by atoms with Crippen molar-refractivity contribution in [3.05, 3.63) is 59.2 Å². The van der Waals surface area contributed by atoms with Gasteiger partial charge in [0.25, 0.3) is 0 Å². The summed E-state index contributed by atoms with van der Waals surface area (Å²) in [4.78, 5) is 18.7. The van der Waals surface area contributed by atoms with Gasteiger partial charge in [0.1, 0.15) is 5.82 Å². The summed E-state index contributed by atoms with van der Waals surface area (Å²) in [5.74, 6) is 0.655. The molecule has 1 aromatic heterocycles. The molecule has 0 aliphatic carbocycles. The van der Waals surface area contributed by atoms with Crippen LogP contribution in [0.1, 0.15) is 12.0 Å².